The Balaban J connectivity index is 0. The number of ether oxygens (including phenoxy) is 1. The van der Waals surface area contributed by atoms with Gasteiger partial charge in [-0.05, 0) is 38.3 Å². The van der Waals surface area contributed by atoms with Crippen LogP contribution in [0.15, 0.2) is 18.2 Å². The average molecular weight is 438 g/mol. The molecule has 0 atom stereocenters. The van der Waals surface area contributed by atoms with Gasteiger partial charge in [-0.1, -0.05) is 27.7 Å². The molecule has 0 radical (unpaired) electrons. The first kappa shape index (κ1) is 28.7. The van der Waals surface area contributed by atoms with E-state index in [1.54, 1.807) is 6.07 Å². The molecule has 0 spiro atoms. The molecule has 28 heavy (non-hydrogen) atoms. The zero-order valence-electron chi connectivity index (χ0n) is 17.1. The van der Waals surface area contributed by atoms with Crippen molar-refractivity contribution in [2.24, 2.45) is 0 Å². The molecule has 1 aromatic rings. The Morgan fingerprint density at radius 1 is 1.00 bits per heavy atom. The maximum atomic E-state index is 12.1. The maximum Gasteiger partial charge on any atom is 0.341 e. The molecule has 0 fully saturated rings. The van der Waals surface area contributed by atoms with E-state index in [0.717, 1.165) is 26.2 Å². The minimum absolute atomic E-state index is 0. The normalized spacial score (nSPS) is 10.2. The topological polar surface area (TPSA) is 82.1 Å². The molecule has 0 bridgehead atoms. The number of phenolic OH excluding ortho intramolecular Hbond substituents is 1. The van der Waals surface area contributed by atoms with Crippen LogP contribution in [0.1, 0.15) is 38.1 Å². The van der Waals surface area contributed by atoms with Crippen molar-refractivity contribution in [2.75, 3.05) is 51.2 Å². The largest absolute Gasteiger partial charge is 0.507 e. The lowest BCUT2D eigenvalue weighted by Gasteiger charge is -2.18. The quantitative estimate of drug-likeness (QED) is 0.517. The van der Waals surface area contributed by atoms with Gasteiger partial charge in [-0.25, -0.2) is 4.79 Å². The summed E-state index contributed by atoms with van der Waals surface area (Å²) in [5.74, 6) is -0.947. The number of hydrogen-bond acceptors (Lipinski definition) is 6. The van der Waals surface area contributed by atoms with Gasteiger partial charge in [-0.15, -0.1) is 24.8 Å². The molecule has 0 aliphatic rings. The van der Waals surface area contributed by atoms with E-state index in [1.807, 2.05) is 32.6 Å². The number of anilines is 1. The van der Waals surface area contributed by atoms with Crippen LogP contribution in [0.4, 0.5) is 5.69 Å². The molecule has 2 N–H and O–H groups in total. The van der Waals surface area contributed by atoms with Crippen LogP contribution in [0.5, 0.6) is 5.75 Å². The first-order chi connectivity index (χ1) is 12.4. The van der Waals surface area contributed by atoms with E-state index in [9.17, 15) is 14.7 Å². The summed E-state index contributed by atoms with van der Waals surface area (Å²) in [4.78, 5) is 28.2. The molecule has 0 saturated heterocycles. The smallest absolute Gasteiger partial charge is 0.341 e. The fraction of sp³-hybridized carbons (Fsp3) is 0.579. The Hall–Kier alpha value is -1.54. The van der Waals surface area contributed by atoms with E-state index in [0.29, 0.717) is 12.2 Å². The molecule has 0 aliphatic heterocycles. The molecule has 7 nitrogen and oxygen atoms in total. The standard InChI is InChI=1S/C19H31N3O4.2ClH/c1-5-21(6-2)11-12-26-19(25)16-10-9-15(13-17(16)23)20-18(24)14-22(7-3)8-4;;/h9-10,13,23H,5-8,11-12,14H2,1-4H3,(H,20,24);2*1H. The van der Waals surface area contributed by atoms with Gasteiger partial charge < -0.3 is 20.1 Å². The number of likely N-dealkylation sites (N-methyl/N-ethyl adjacent to an activating group) is 2. The van der Waals surface area contributed by atoms with Crippen LogP contribution in [0, 0.1) is 0 Å². The molecule has 1 amide bonds. The molecule has 162 valence electrons. The van der Waals surface area contributed by atoms with Crippen molar-refractivity contribution in [2.45, 2.75) is 27.7 Å². The molecular formula is C19H33Cl2N3O4. The third-order valence-corrected chi connectivity index (χ3v) is 4.30. The third-order valence-electron chi connectivity index (χ3n) is 4.30. The molecule has 0 heterocycles. The first-order valence-electron chi connectivity index (χ1n) is 9.19. The summed E-state index contributed by atoms with van der Waals surface area (Å²) in [6, 6.07) is 4.41. The number of rotatable bonds is 11. The second-order valence-corrected chi connectivity index (χ2v) is 5.90. The van der Waals surface area contributed by atoms with E-state index in [-0.39, 0.29) is 55.2 Å². The summed E-state index contributed by atoms with van der Waals surface area (Å²) >= 11 is 0. The highest BCUT2D eigenvalue weighted by atomic mass is 35.5. The van der Waals surface area contributed by atoms with Gasteiger partial charge in [0.1, 0.15) is 17.9 Å². The van der Waals surface area contributed by atoms with Crippen molar-refractivity contribution in [3.63, 3.8) is 0 Å². The van der Waals surface area contributed by atoms with Crippen molar-refractivity contribution in [1.82, 2.24) is 9.80 Å². The first-order valence-corrected chi connectivity index (χ1v) is 9.19. The molecular weight excluding hydrogens is 405 g/mol. The molecule has 0 aromatic heterocycles. The number of halogens is 2. The zero-order chi connectivity index (χ0) is 19.5. The maximum absolute atomic E-state index is 12.1. The highest BCUT2D eigenvalue weighted by Gasteiger charge is 2.15. The summed E-state index contributed by atoms with van der Waals surface area (Å²) in [5, 5.41) is 12.8. The van der Waals surface area contributed by atoms with Gasteiger partial charge in [0.15, 0.2) is 0 Å². The van der Waals surface area contributed by atoms with Crippen molar-refractivity contribution >= 4 is 42.4 Å². The molecule has 1 aromatic carbocycles. The number of benzene rings is 1. The fourth-order valence-corrected chi connectivity index (χ4v) is 2.52. The Kier molecular flexibility index (Phi) is 15.8. The highest BCUT2D eigenvalue weighted by molar-refractivity contribution is 5.95. The summed E-state index contributed by atoms with van der Waals surface area (Å²) in [5.41, 5.74) is 0.533. The van der Waals surface area contributed by atoms with E-state index in [4.69, 9.17) is 4.74 Å². The minimum atomic E-state index is -0.573. The SMILES string of the molecule is CCN(CC)CCOC(=O)c1ccc(NC(=O)CN(CC)CC)cc1O.Cl.Cl. The van der Waals surface area contributed by atoms with Crippen LogP contribution in [-0.2, 0) is 9.53 Å². The number of amides is 1. The molecule has 0 saturated carbocycles. The van der Waals surface area contributed by atoms with Gasteiger partial charge in [0.05, 0.1) is 6.54 Å². The van der Waals surface area contributed by atoms with Crippen molar-refractivity contribution in [3.8, 4) is 5.75 Å². The van der Waals surface area contributed by atoms with Crippen LogP contribution in [0.3, 0.4) is 0 Å². The number of nitrogens with one attached hydrogen (secondary N) is 1. The van der Waals surface area contributed by atoms with Crippen LogP contribution >= 0.6 is 24.8 Å². The summed E-state index contributed by atoms with van der Waals surface area (Å²) in [7, 11) is 0. The number of esters is 1. The third kappa shape index (κ3) is 9.59. The van der Waals surface area contributed by atoms with Crippen LogP contribution in [-0.4, -0.2) is 72.7 Å². The second kappa shape index (κ2) is 15.4. The summed E-state index contributed by atoms with van der Waals surface area (Å²) in [6.07, 6.45) is 0. The Morgan fingerprint density at radius 2 is 1.57 bits per heavy atom. The van der Waals surface area contributed by atoms with E-state index in [1.165, 1.54) is 12.1 Å². The Morgan fingerprint density at radius 3 is 2.07 bits per heavy atom. The minimum Gasteiger partial charge on any atom is -0.507 e. The number of hydrogen-bond donors (Lipinski definition) is 2. The Bertz CT molecular complexity index is 595. The predicted octanol–water partition coefficient (Wildman–Crippen LogP) is 3.01. The lowest BCUT2D eigenvalue weighted by atomic mass is 10.2. The average Bonchev–Trinajstić information content (AvgIpc) is 2.63. The molecule has 0 aliphatic carbocycles. The molecule has 1 rings (SSSR count). The van der Waals surface area contributed by atoms with Crippen LogP contribution in [0.2, 0.25) is 0 Å². The number of nitrogens with zero attached hydrogens (tertiary/aromatic N) is 2. The zero-order valence-corrected chi connectivity index (χ0v) is 18.7. The summed E-state index contributed by atoms with van der Waals surface area (Å²) < 4.78 is 5.21. The molecule has 9 heteroatoms. The number of carbonyl (C=O) groups excluding carboxylic acids is 2. The highest BCUT2D eigenvalue weighted by Crippen LogP contribution is 2.22. The summed E-state index contributed by atoms with van der Waals surface area (Å²) in [6.45, 7) is 12.6. The van der Waals surface area contributed by atoms with Crippen LogP contribution in [0.25, 0.3) is 0 Å². The predicted molar refractivity (Wildman–Crippen MR) is 117 cm³/mol. The van der Waals surface area contributed by atoms with Gasteiger partial charge in [-0.3, -0.25) is 9.69 Å². The van der Waals surface area contributed by atoms with Crippen molar-refractivity contribution in [1.29, 1.82) is 0 Å². The second-order valence-electron chi connectivity index (χ2n) is 5.90. The van der Waals surface area contributed by atoms with Gasteiger partial charge in [-0.2, -0.15) is 0 Å². The van der Waals surface area contributed by atoms with E-state index >= 15 is 0 Å². The monoisotopic (exact) mass is 437 g/mol. The van der Waals surface area contributed by atoms with Crippen molar-refractivity contribution < 1.29 is 19.4 Å². The number of phenols is 1. The van der Waals surface area contributed by atoms with E-state index in [2.05, 4.69) is 10.2 Å². The van der Waals surface area contributed by atoms with Gasteiger partial charge in [0.25, 0.3) is 0 Å². The van der Waals surface area contributed by atoms with Gasteiger partial charge in [0, 0.05) is 18.3 Å². The van der Waals surface area contributed by atoms with Crippen LogP contribution < -0.4 is 5.32 Å². The lowest BCUT2D eigenvalue weighted by Crippen LogP contribution is -2.32. The van der Waals surface area contributed by atoms with Gasteiger partial charge >= 0.3 is 5.97 Å². The molecule has 0 unspecified atom stereocenters. The van der Waals surface area contributed by atoms with Gasteiger partial charge in [0.2, 0.25) is 5.91 Å². The van der Waals surface area contributed by atoms with E-state index < -0.39 is 5.97 Å². The number of aromatic hydroxyl groups is 1. The Labute approximate surface area is 180 Å². The van der Waals surface area contributed by atoms with Crippen molar-refractivity contribution in [3.05, 3.63) is 23.8 Å². The lowest BCUT2D eigenvalue weighted by molar-refractivity contribution is -0.117. The number of carbonyl (C=O) groups is 2. The fourth-order valence-electron chi connectivity index (χ4n) is 2.52.